The fourth-order valence-corrected chi connectivity index (χ4v) is 2.25. The number of hydrogen-bond donors (Lipinski definition) is 1. The van der Waals surface area contributed by atoms with Gasteiger partial charge in [0.15, 0.2) is 6.29 Å². The van der Waals surface area contributed by atoms with Crippen molar-refractivity contribution in [1.82, 2.24) is 4.98 Å². The van der Waals surface area contributed by atoms with Gasteiger partial charge in [-0.05, 0) is 42.4 Å². The maximum absolute atomic E-state index is 10.7. The molecule has 0 fully saturated rings. The molecule has 1 aliphatic rings. The molecule has 0 amide bonds. The van der Waals surface area contributed by atoms with Crippen molar-refractivity contribution in [1.29, 1.82) is 0 Å². The van der Waals surface area contributed by atoms with Gasteiger partial charge >= 0.3 is 0 Å². The second kappa shape index (κ2) is 4.69. The molecule has 0 bridgehead atoms. The lowest BCUT2D eigenvalue weighted by Gasteiger charge is -2.17. The van der Waals surface area contributed by atoms with Crippen LogP contribution in [0, 0.1) is 11.8 Å². The van der Waals surface area contributed by atoms with Gasteiger partial charge in [-0.2, -0.15) is 0 Å². The first-order chi connectivity index (χ1) is 7.69. The Morgan fingerprint density at radius 2 is 2.38 bits per heavy atom. The van der Waals surface area contributed by atoms with Crippen LogP contribution in [0.2, 0.25) is 0 Å². The van der Waals surface area contributed by atoms with Gasteiger partial charge in [-0.3, -0.25) is 4.79 Å². The van der Waals surface area contributed by atoms with Gasteiger partial charge < -0.3 is 4.98 Å². The smallest absolute Gasteiger partial charge is 0.166 e. The average Bonchev–Trinajstić information content (AvgIpc) is 2.68. The lowest BCUT2D eigenvalue weighted by atomic mass is 9.88. The van der Waals surface area contributed by atoms with E-state index in [-0.39, 0.29) is 0 Å². The van der Waals surface area contributed by atoms with E-state index in [1.807, 2.05) is 6.07 Å². The molecule has 2 heteroatoms. The van der Waals surface area contributed by atoms with Gasteiger partial charge in [-0.25, -0.2) is 0 Å². The Kier molecular flexibility index (Phi) is 3.28. The SMILES string of the molecule is CC(C)CCC1C=Cc2[nH]c(C=O)cc2C1. The molecular weight excluding hydrogens is 198 g/mol. The van der Waals surface area contributed by atoms with Crippen LogP contribution in [0.4, 0.5) is 0 Å². The van der Waals surface area contributed by atoms with Crippen LogP contribution in [0.5, 0.6) is 0 Å². The van der Waals surface area contributed by atoms with Crippen LogP contribution in [0.15, 0.2) is 12.1 Å². The third-order valence-electron chi connectivity index (χ3n) is 3.21. The Balaban J connectivity index is 2.02. The van der Waals surface area contributed by atoms with Gasteiger partial charge in [0.2, 0.25) is 0 Å². The fraction of sp³-hybridized carbons (Fsp3) is 0.500. The lowest BCUT2D eigenvalue weighted by molar-refractivity contribution is 0.111. The van der Waals surface area contributed by atoms with Crippen LogP contribution in [-0.4, -0.2) is 11.3 Å². The summed E-state index contributed by atoms with van der Waals surface area (Å²) in [6.45, 7) is 4.53. The highest BCUT2D eigenvalue weighted by molar-refractivity contribution is 5.74. The molecule has 1 atom stereocenters. The normalized spacial score (nSPS) is 18.8. The topological polar surface area (TPSA) is 32.9 Å². The number of fused-ring (bicyclic) bond motifs is 1. The highest BCUT2D eigenvalue weighted by atomic mass is 16.1. The van der Waals surface area contributed by atoms with Gasteiger partial charge in [0, 0.05) is 5.69 Å². The predicted molar refractivity (Wildman–Crippen MR) is 66.5 cm³/mol. The minimum atomic E-state index is 0.644. The largest absolute Gasteiger partial charge is 0.353 e. The Bertz CT molecular complexity index is 401. The van der Waals surface area contributed by atoms with E-state index in [4.69, 9.17) is 0 Å². The molecule has 0 saturated heterocycles. The Hall–Kier alpha value is -1.31. The number of aromatic nitrogens is 1. The molecular formula is C14H19NO. The van der Waals surface area contributed by atoms with E-state index in [0.717, 1.165) is 24.3 Å². The van der Waals surface area contributed by atoms with E-state index < -0.39 is 0 Å². The summed E-state index contributed by atoms with van der Waals surface area (Å²) >= 11 is 0. The molecule has 2 nitrogen and oxygen atoms in total. The zero-order chi connectivity index (χ0) is 11.5. The maximum atomic E-state index is 10.7. The van der Waals surface area contributed by atoms with Crippen molar-refractivity contribution >= 4 is 12.4 Å². The molecule has 1 aliphatic carbocycles. The minimum Gasteiger partial charge on any atom is -0.353 e. The number of carbonyl (C=O) groups excluding carboxylic acids is 1. The highest BCUT2D eigenvalue weighted by Crippen LogP contribution is 2.26. The van der Waals surface area contributed by atoms with Crippen LogP contribution in [0.1, 0.15) is 48.4 Å². The first kappa shape index (κ1) is 11.2. The standard InChI is InChI=1S/C14H19NO/c1-10(2)3-4-11-5-6-14-12(7-11)8-13(9-16)15-14/h5-6,8-11,15H,3-4,7H2,1-2H3. The molecule has 86 valence electrons. The van der Waals surface area contributed by atoms with Gasteiger partial charge in [0.25, 0.3) is 0 Å². The van der Waals surface area contributed by atoms with Gasteiger partial charge in [-0.1, -0.05) is 26.3 Å². The Morgan fingerprint density at radius 3 is 3.06 bits per heavy atom. The molecule has 16 heavy (non-hydrogen) atoms. The number of aldehydes is 1. The summed E-state index contributed by atoms with van der Waals surface area (Å²) in [5, 5.41) is 0. The summed E-state index contributed by atoms with van der Waals surface area (Å²) in [7, 11) is 0. The van der Waals surface area contributed by atoms with Crippen LogP contribution < -0.4 is 0 Å². The van der Waals surface area contributed by atoms with Gasteiger partial charge in [0.05, 0.1) is 5.69 Å². The van der Waals surface area contributed by atoms with Crippen molar-refractivity contribution < 1.29 is 4.79 Å². The van der Waals surface area contributed by atoms with Crippen molar-refractivity contribution in [2.45, 2.75) is 33.1 Å². The van der Waals surface area contributed by atoms with E-state index in [9.17, 15) is 4.79 Å². The van der Waals surface area contributed by atoms with E-state index in [0.29, 0.717) is 11.6 Å². The summed E-state index contributed by atoms with van der Waals surface area (Å²) in [4.78, 5) is 13.8. The van der Waals surface area contributed by atoms with Crippen molar-refractivity contribution in [2.75, 3.05) is 0 Å². The number of allylic oxidation sites excluding steroid dienone is 1. The van der Waals surface area contributed by atoms with Crippen molar-refractivity contribution in [3.63, 3.8) is 0 Å². The van der Waals surface area contributed by atoms with E-state index >= 15 is 0 Å². The highest BCUT2D eigenvalue weighted by Gasteiger charge is 2.16. The Labute approximate surface area is 96.8 Å². The number of hydrogen-bond acceptors (Lipinski definition) is 1. The first-order valence-corrected chi connectivity index (χ1v) is 6.04. The summed E-state index contributed by atoms with van der Waals surface area (Å²) in [5.41, 5.74) is 3.10. The summed E-state index contributed by atoms with van der Waals surface area (Å²) in [6, 6.07) is 1.98. The van der Waals surface area contributed by atoms with Crippen molar-refractivity contribution in [3.8, 4) is 0 Å². The molecule has 0 spiro atoms. The molecule has 1 N–H and O–H groups in total. The Morgan fingerprint density at radius 1 is 1.56 bits per heavy atom. The summed E-state index contributed by atoms with van der Waals surface area (Å²) < 4.78 is 0. The second-order valence-corrected chi connectivity index (χ2v) is 5.08. The number of aromatic amines is 1. The van der Waals surface area contributed by atoms with Crippen LogP contribution >= 0.6 is 0 Å². The van der Waals surface area contributed by atoms with Crippen LogP contribution in [0.3, 0.4) is 0 Å². The molecule has 0 radical (unpaired) electrons. The molecule has 2 rings (SSSR count). The molecule has 0 aliphatic heterocycles. The molecule has 0 saturated carbocycles. The van der Waals surface area contributed by atoms with Crippen molar-refractivity contribution in [2.24, 2.45) is 11.8 Å². The van der Waals surface area contributed by atoms with E-state index in [1.165, 1.54) is 18.4 Å². The van der Waals surface area contributed by atoms with Gasteiger partial charge in [-0.15, -0.1) is 0 Å². The molecule has 1 heterocycles. The minimum absolute atomic E-state index is 0.644. The third-order valence-corrected chi connectivity index (χ3v) is 3.21. The maximum Gasteiger partial charge on any atom is 0.166 e. The monoisotopic (exact) mass is 217 g/mol. The first-order valence-electron chi connectivity index (χ1n) is 6.04. The van der Waals surface area contributed by atoms with E-state index in [1.54, 1.807) is 0 Å². The number of carbonyl (C=O) groups is 1. The van der Waals surface area contributed by atoms with Crippen molar-refractivity contribution in [3.05, 3.63) is 29.1 Å². The van der Waals surface area contributed by atoms with E-state index in [2.05, 4.69) is 31.0 Å². The van der Waals surface area contributed by atoms with Gasteiger partial charge in [0.1, 0.15) is 0 Å². The fourth-order valence-electron chi connectivity index (χ4n) is 2.25. The predicted octanol–water partition coefficient (Wildman–Crippen LogP) is 3.45. The zero-order valence-corrected chi connectivity index (χ0v) is 9.99. The lowest BCUT2D eigenvalue weighted by Crippen LogP contribution is -2.07. The third kappa shape index (κ3) is 2.43. The number of rotatable bonds is 4. The molecule has 1 aromatic heterocycles. The number of nitrogens with one attached hydrogen (secondary N) is 1. The molecule has 1 unspecified atom stereocenters. The van der Waals surface area contributed by atoms with Crippen LogP contribution in [0.25, 0.3) is 6.08 Å². The summed E-state index contributed by atoms with van der Waals surface area (Å²) in [6.07, 6.45) is 8.87. The number of H-pyrrole nitrogens is 1. The average molecular weight is 217 g/mol. The zero-order valence-electron chi connectivity index (χ0n) is 9.99. The molecule has 1 aromatic rings. The van der Waals surface area contributed by atoms with Crippen LogP contribution in [-0.2, 0) is 6.42 Å². The summed E-state index contributed by atoms with van der Waals surface area (Å²) in [5.74, 6) is 1.41. The quantitative estimate of drug-likeness (QED) is 0.770. The molecule has 0 aromatic carbocycles. The second-order valence-electron chi connectivity index (χ2n) is 5.08.